The third kappa shape index (κ3) is 2.79. The summed E-state index contributed by atoms with van der Waals surface area (Å²) in [5.74, 6) is -1.58. The molecule has 2 N–H and O–H groups in total. The van der Waals surface area contributed by atoms with Crippen molar-refractivity contribution in [2.24, 2.45) is 5.41 Å². The molecule has 0 saturated heterocycles. The Morgan fingerprint density at radius 1 is 1.26 bits per heavy atom. The smallest absolute Gasteiger partial charge is 0.309 e. The molecule has 0 atom stereocenters. The van der Waals surface area contributed by atoms with Crippen LogP contribution in [0.5, 0.6) is 0 Å². The lowest BCUT2D eigenvalue weighted by Gasteiger charge is -2.42. The number of carboxylic acids is 1. The molecular formula is C24H23F2N3O2. The van der Waals surface area contributed by atoms with Crippen molar-refractivity contribution in [3.8, 4) is 5.69 Å². The second-order valence-electron chi connectivity index (χ2n) is 9.16. The highest BCUT2D eigenvalue weighted by Gasteiger charge is 2.49. The minimum Gasteiger partial charge on any atom is -0.481 e. The molecule has 0 unspecified atom stereocenters. The number of halogens is 2. The first-order valence-corrected chi connectivity index (χ1v) is 10.4. The van der Waals surface area contributed by atoms with Gasteiger partial charge in [0.15, 0.2) is 5.82 Å². The van der Waals surface area contributed by atoms with Gasteiger partial charge in [0.1, 0.15) is 11.3 Å². The highest BCUT2D eigenvalue weighted by atomic mass is 19.1. The monoisotopic (exact) mass is 423 g/mol. The Hall–Kier alpha value is -3.22. The van der Waals surface area contributed by atoms with Crippen LogP contribution in [0, 0.1) is 17.0 Å². The second-order valence-corrected chi connectivity index (χ2v) is 9.16. The summed E-state index contributed by atoms with van der Waals surface area (Å²) in [6.07, 6.45) is 2.48. The van der Waals surface area contributed by atoms with Crippen molar-refractivity contribution in [1.82, 2.24) is 14.8 Å². The molecule has 0 radical (unpaired) electrons. The summed E-state index contributed by atoms with van der Waals surface area (Å²) in [7, 11) is 0. The van der Waals surface area contributed by atoms with Crippen molar-refractivity contribution in [3.05, 3.63) is 59.4 Å². The van der Waals surface area contributed by atoms with Gasteiger partial charge in [-0.05, 0) is 67.5 Å². The number of aliphatic carboxylic acids is 1. The molecule has 0 amide bonds. The van der Waals surface area contributed by atoms with Crippen LogP contribution in [-0.4, -0.2) is 25.8 Å². The van der Waals surface area contributed by atoms with Crippen molar-refractivity contribution < 1.29 is 18.7 Å². The van der Waals surface area contributed by atoms with Gasteiger partial charge in [0, 0.05) is 22.2 Å². The summed E-state index contributed by atoms with van der Waals surface area (Å²) >= 11 is 0. The second kappa shape index (κ2) is 6.64. The predicted molar refractivity (Wildman–Crippen MR) is 115 cm³/mol. The summed E-state index contributed by atoms with van der Waals surface area (Å²) < 4.78 is 31.4. The number of H-pyrrole nitrogens is 1. The molecule has 2 aromatic heterocycles. The zero-order valence-electron chi connectivity index (χ0n) is 17.5. The molecule has 0 spiro atoms. The highest BCUT2D eigenvalue weighted by molar-refractivity contribution is 6.00. The van der Waals surface area contributed by atoms with E-state index in [1.54, 1.807) is 25.3 Å². The standard InChI is InChI=1S/C24H23F2N3O2/c1-12(2)22-18(14-9-24(3,10-14)23(30)31)19-17(8-13-11-27-28-21(13)20(19)26)29(22)16-6-4-15(25)5-7-16/h4-8,11-12,14H,9-10H2,1-3H3,(H,27,28)(H,30,31)/t14-,24-. The van der Waals surface area contributed by atoms with E-state index < -0.39 is 11.4 Å². The number of hydrogen-bond donors (Lipinski definition) is 2. The predicted octanol–water partition coefficient (Wildman–Crippen LogP) is 5.88. The molecule has 1 saturated carbocycles. The van der Waals surface area contributed by atoms with Crippen molar-refractivity contribution in [1.29, 1.82) is 0 Å². The topological polar surface area (TPSA) is 70.9 Å². The maximum Gasteiger partial charge on any atom is 0.309 e. The van der Waals surface area contributed by atoms with E-state index in [-0.39, 0.29) is 23.5 Å². The zero-order valence-corrected chi connectivity index (χ0v) is 17.5. The Morgan fingerprint density at radius 3 is 2.55 bits per heavy atom. The molecule has 1 fully saturated rings. The maximum atomic E-state index is 15.8. The first-order valence-electron chi connectivity index (χ1n) is 10.4. The Labute approximate surface area is 177 Å². The van der Waals surface area contributed by atoms with E-state index >= 15 is 4.39 Å². The van der Waals surface area contributed by atoms with Crippen LogP contribution in [0.4, 0.5) is 8.78 Å². The fourth-order valence-corrected chi connectivity index (χ4v) is 5.11. The van der Waals surface area contributed by atoms with Crippen molar-refractivity contribution >= 4 is 27.8 Å². The first kappa shape index (κ1) is 19.7. The molecule has 1 aliphatic carbocycles. The minimum absolute atomic E-state index is 0.0417. The van der Waals surface area contributed by atoms with Gasteiger partial charge in [0.05, 0.1) is 17.1 Å². The summed E-state index contributed by atoms with van der Waals surface area (Å²) in [6.45, 7) is 5.82. The molecule has 2 heterocycles. The number of rotatable bonds is 4. The summed E-state index contributed by atoms with van der Waals surface area (Å²) in [6, 6.07) is 8.05. The van der Waals surface area contributed by atoms with Crippen LogP contribution in [0.25, 0.3) is 27.5 Å². The Balaban J connectivity index is 1.85. The van der Waals surface area contributed by atoms with E-state index in [4.69, 9.17) is 0 Å². The van der Waals surface area contributed by atoms with Crippen molar-refractivity contribution in [2.45, 2.75) is 45.4 Å². The summed E-state index contributed by atoms with van der Waals surface area (Å²) in [5.41, 5.74) is 2.73. The van der Waals surface area contributed by atoms with Crippen LogP contribution in [-0.2, 0) is 4.79 Å². The van der Waals surface area contributed by atoms with Crippen LogP contribution >= 0.6 is 0 Å². The van der Waals surface area contributed by atoms with Crippen LogP contribution in [0.1, 0.15) is 56.7 Å². The quantitative estimate of drug-likeness (QED) is 0.431. The lowest BCUT2D eigenvalue weighted by molar-refractivity contribution is -0.154. The van der Waals surface area contributed by atoms with Crippen LogP contribution in [0.3, 0.4) is 0 Å². The number of aromatic nitrogens is 3. The van der Waals surface area contributed by atoms with E-state index in [1.165, 1.54) is 12.1 Å². The highest BCUT2D eigenvalue weighted by Crippen LogP contribution is 2.55. The SMILES string of the molecule is CC(C)c1c([C@H]2C[C@](C)(C(=O)O)C2)c2c(F)c3[nH]ncc3cc2n1-c1ccc(F)cc1. The number of aromatic amines is 1. The molecule has 2 aromatic carbocycles. The molecule has 0 aliphatic heterocycles. The lowest BCUT2D eigenvalue weighted by Crippen LogP contribution is -2.40. The van der Waals surface area contributed by atoms with Gasteiger partial charge in [-0.2, -0.15) is 5.10 Å². The molecule has 31 heavy (non-hydrogen) atoms. The first-order chi connectivity index (χ1) is 14.7. The van der Waals surface area contributed by atoms with E-state index in [0.29, 0.717) is 34.6 Å². The molecule has 5 rings (SSSR count). The number of fused-ring (bicyclic) bond motifs is 2. The van der Waals surface area contributed by atoms with Gasteiger partial charge >= 0.3 is 5.97 Å². The number of carbonyl (C=O) groups is 1. The van der Waals surface area contributed by atoms with E-state index in [9.17, 15) is 14.3 Å². The van der Waals surface area contributed by atoms with E-state index in [1.807, 2.05) is 24.5 Å². The zero-order chi connectivity index (χ0) is 22.1. The van der Waals surface area contributed by atoms with Crippen molar-refractivity contribution in [3.63, 3.8) is 0 Å². The molecule has 1 aliphatic rings. The van der Waals surface area contributed by atoms with Gasteiger partial charge in [0.25, 0.3) is 0 Å². The van der Waals surface area contributed by atoms with Crippen LogP contribution in [0.15, 0.2) is 36.5 Å². The summed E-state index contributed by atoms with van der Waals surface area (Å²) in [4.78, 5) is 11.7. The number of benzene rings is 2. The summed E-state index contributed by atoms with van der Waals surface area (Å²) in [5, 5.41) is 17.5. The maximum absolute atomic E-state index is 15.8. The largest absolute Gasteiger partial charge is 0.481 e. The number of carboxylic acid groups (broad SMARTS) is 1. The molecule has 5 nitrogen and oxygen atoms in total. The Kier molecular flexibility index (Phi) is 4.22. The number of nitrogens with one attached hydrogen (secondary N) is 1. The van der Waals surface area contributed by atoms with Crippen LogP contribution in [0.2, 0.25) is 0 Å². The Morgan fingerprint density at radius 2 is 1.94 bits per heavy atom. The van der Waals surface area contributed by atoms with Gasteiger partial charge in [0.2, 0.25) is 0 Å². The molecule has 7 heteroatoms. The molecule has 0 bridgehead atoms. The average molecular weight is 423 g/mol. The Bertz CT molecular complexity index is 1330. The normalized spacial score (nSPS) is 21.2. The van der Waals surface area contributed by atoms with E-state index in [0.717, 1.165) is 16.9 Å². The molecule has 4 aromatic rings. The fraction of sp³-hybridized carbons (Fsp3) is 0.333. The van der Waals surface area contributed by atoms with Gasteiger partial charge in [-0.1, -0.05) is 13.8 Å². The lowest BCUT2D eigenvalue weighted by atomic mass is 9.60. The van der Waals surface area contributed by atoms with Gasteiger partial charge in [-0.25, -0.2) is 8.78 Å². The van der Waals surface area contributed by atoms with Gasteiger partial charge in [-0.15, -0.1) is 0 Å². The number of nitrogens with zero attached hydrogens (tertiary/aromatic N) is 2. The number of hydrogen-bond acceptors (Lipinski definition) is 2. The molecular weight excluding hydrogens is 400 g/mol. The molecule has 160 valence electrons. The van der Waals surface area contributed by atoms with E-state index in [2.05, 4.69) is 10.2 Å². The third-order valence-electron chi connectivity index (χ3n) is 6.63. The minimum atomic E-state index is -0.825. The van der Waals surface area contributed by atoms with Crippen molar-refractivity contribution in [2.75, 3.05) is 0 Å². The van der Waals surface area contributed by atoms with Gasteiger partial charge in [-0.3, -0.25) is 9.89 Å². The average Bonchev–Trinajstić information content (AvgIpc) is 3.29. The third-order valence-corrected chi connectivity index (χ3v) is 6.63. The van der Waals surface area contributed by atoms with Crippen LogP contribution < -0.4 is 0 Å². The van der Waals surface area contributed by atoms with Gasteiger partial charge < -0.3 is 9.67 Å². The fourth-order valence-electron chi connectivity index (χ4n) is 5.11.